The number of carbonyl (C=O) groups excluding carboxylic acids is 1. The highest BCUT2D eigenvalue weighted by Crippen LogP contribution is 2.16. The summed E-state index contributed by atoms with van der Waals surface area (Å²) >= 11 is 3.20. The van der Waals surface area contributed by atoms with Crippen LogP contribution in [0, 0.1) is 5.82 Å². The Balaban J connectivity index is 1.80. The molecule has 3 nitrogen and oxygen atoms in total. The van der Waals surface area contributed by atoms with E-state index in [4.69, 9.17) is 0 Å². The number of carbonyl (C=O) groups is 1. The highest BCUT2D eigenvalue weighted by atomic mass is 79.9. The lowest BCUT2D eigenvalue weighted by atomic mass is 10.1. The van der Waals surface area contributed by atoms with Gasteiger partial charge in [-0.2, -0.15) is 0 Å². The number of nitrogens with one attached hydrogen (secondary N) is 1. The van der Waals surface area contributed by atoms with Gasteiger partial charge < -0.3 is 5.32 Å². The second-order valence-corrected chi connectivity index (χ2v) is 5.25. The molecular formula is C15H14BrFN2O. The third-order valence-corrected chi connectivity index (χ3v) is 3.32. The van der Waals surface area contributed by atoms with Gasteiger partial charge in [0.05, 0.1) is 12.2 Å². The highest BCUT2D eigenvalue weighted by Gasteiger charge is 2.06. The third kappa shape index (κ3) is 4.42. The molecule has 0 aliphatic carbocycles. The van der Waals surface area contributed by atoms with E-state index in [0.717, 1.165) is 5.69 Å². The number of amides is 1. The minimum atomic E-state index is -0.295. The van der Waals surface area contributed by atoms with Crippen LogP contribution >= 0.6 is 15.9 Å². The monoisotopic (exact) mass is 336 g/mol. The molecule has 0 atom stereocenters. The molecule has 1 aromatic heterocycles. The van der Waals surface area contributed by atoms with Gasteiger partial charge in [0.2, 0.25) is 5.91 Å². The Morgan fingerprint density at radius 3 is 2.85 bits per heavy atom. The Morgan fingerprint density at radius 2 is 2.15 bits per heavy atom. The Labute approximate surface area is 125 Å². The highest BCUT2D eigenvalue weighted by molar-refractivity contribution is 9.10. The summed E-state index contributed by atoms with van der Waals surface area (Å²) < 4.78 is 14.3. The zero-order chi connectivity index (χ0) is 14.4. The van der Waals surface area contributed by atoms with Crippen molar-refractivity contribution in [2.24, 2.45) is 0 Å². The van der Waals surface area contributed by atoms with Gasteiger partial charge in [-0.15, -0.1) is 0 Å². The van der Waals surface area contributed by atoms with Crippen LogP contribution in [0.3, 0.4) is 0 Å². The molecule has 0 aliphatic heterocycles. The number of halogens is 2. The number of hydrogen-bond acceptors (Lipinski definition) is 2. The summed E-state index contributed by atoms with van der Waals surface area (Å²) in [5.74, 6) is -0.408. The second-order valence-electron chi connectivity index (χ2n) is 4.33. The largest absolute Gasteiger partial charge is 0.350 e. The van der Waals surface area contributed by atoms with Crippen molar-refractivity contribution < 1.29 is 9.18 Å². The van der Waals surface area contributed by atoms with E-state index >= 15 is 0 Å². The fourth-order valence-corrected chi connectivity index (χ4v) is 2.09. The van der Waals surface area contributed by atoms with Crippen molar-refractivity contribution in [3.63, 3.8) is 0 Å². The van der Waals surface area contributed by atoms with Crippen LogP contribution < -0.4 is 5.32 Å². The van der Waals surface area contributed by atoms with Crippen molar-refractivity contribution in [1.29, 1.82) is 0 Å². The van der Waals surface area contributed by atoms with E-state index in [-0.39, 0.29) is 18.1 Å². The van der Waals surface area contributed by atoms with Gasteiger partial charge in [0.15, 0.2) is 0 Å². The maximum absolute atomic E-state index is 13.6. The second kappa shape index (κ2) is 7.14. The molecule has 0 radical (unpaired) electrons. The number of benzene rings is 1. The van der Waals surface area contributed by atoms with E-state index in [1.807, 2.05) is 18.2 Å². The van der Waals surface area contributed by atoms with Gasteiger partial charge >= 0.3 is 0 Å². The van der Waals surface area contributed by atoms with Gasteiger partial charge in [0.1, 0.15) is 5.82 Å². The minimum Gasteiger partial charge on any atom is -0.350 e. The van der Waals surface area contributed by atoms with E-state index < -0.39 is 0 Å². The first-order valence-electron chi connectivity index (χ1n) is 6.25. The SMILES string of the molecule is O=C(CCc1ccc(Br)cc1F)NCc1ccccn1. The zero-order valence-corrected chi connectivity index (χ0v) is 12.4. The standard InChI is InChI=1S/C15H14BrFN2O/c16-12-6-4-11(14(17)9-12)5-7-15(20)19-10-13-3-1-2-8-18-13/h1-4,6,8-9H,5,7,10H2,(H,19,20). The molecule has 5 heteroatoms. The molecule has 0 bridgehead atoms. The topological polar surface area (TPSA) is 42.0 Å². The van der Waals surface area contributed by atoms with Crippen LogP contribution in [0.4, 0.5) is 4.39 Å². The number of nitrogens with zero attached hydrogens (tertiary/aromatic N) is 1. The van der Waals surface area contributed by atoms with Crippen LogP contribution in [-0.2, 0) is 17.8 Å². The van der Waals surface area contributed by atoms with Gasteiger partial charge in [-0.1, -0.05) is 28.1 Å². The molecule has 0 saturated carbocycles. The van der Waals surface area contributed by atoms with Crippen molar-refractivity contribution in [3.8, 4) is 0 Å². The van der Waals surface area contributed by atoms with Crippen LogP contribution in [-0.4, -0.2) is 10.9 Å². The average molecular weight is 337 g/mol. The maximum atomic E-state index is 13.6. The van der Waals surface area contributed by atoms with E-state index in [2.05, 4.69) is 26.2 Å². The van der Waals surface area contributed by atoms with Crippen molar-refractivity contribution in [1.82, 2.24) is 10.3 Å². The smallest absolute Gasteiger partial charge is 0.220 e. The molecule has 0 saturated heterocycles. The van der Waals surface area contributed by atoms with Crippen molar-refractivity contribution in [2.45, 2.75) is 19.4 Å². The van der Waals surface area contributed by atoms with E-state index in [1.54, 1.807) is 18.3 Å². The summed E-state index contributed by atoms with van der Waals surface area (Å²) in [6, 6.07) is 10.4. The summed E-state index contributed by atoms with van der Waals surface area (Å²) in [5, 5.41) is 2.77. The maximum Gasteiger partial charge on any atom is 0.220 e. The zero-order valence-electron chi connectivity index (χ0n) is 10.8. The van der Waals surface area contributed by atoms with E-state index in [1.165, 1.54) is 6.07 Å². The number of hydrogen-bond donors (Lipinski definition) is 1. The minimum absolute atomic E-state index is 0.113. The lowest BCUT2D eigenvalue weighted by molar-refractivity contribution is -0.121. The predicted octanol–water partition coefficient (Wildman–Crippen LogP) is 3.23. The molecule has 0 unspecified atom stereocenters. The van der Waals surface area contributed by atoms with Gasteiger partial charge in [-0.25, -0.2) is 4.39 Å². The van der Waals surface area contributed by atoms with Crippen LogP contribution in [0.1, 0.15) is 17.7 Å². The molecular weight excluding hydrogens is 323 g/mol. The Morgan fingerprint density at radius 1 is 1.30 bits per heavy atom. The molecule has 1 aromatic carbocycles. The van der Waals surface area contributed by atoms with Crippen molar-refractivity contribution in [2.75, 3.05) is 0 Å². The summed E-state index contributed by atoms with van der Waals surface area (Å²) in [5.41, 5.74) is 1.34. The van der Waals surface area contributed by atoms with Crippen LogP contribution in [0.15, 0.2) is 47.1 Å². The molecule has 1 N–H and O–H groups in total. The molecule has 0 fully saturated rings. The number of pyridine rings is 1. The molecule has 104 valence electrons. The van der Waals surface area contributed by atoms with Crippen LogP contribution in [0.5, 0.6) is 0 Å². The van der Waals surface area contributed by atoms with Gasteiger partial charge in [0.25, 0.3) is 0 Å². The van der Waals surface area contributed by atoms with Gasteiger partial charge in [-0.3, -0.25) is 9.78 Å². The normalized spacial score (nSPS) is 10.3. The summed E-state index contributed by atoms with van der Waals surface area (Å²) in [4.78, 5) is 15.8. The predicted molar refractivity (Wildman–Crippen MR) is 78.5 cm³/mol. The summed E-state index contributed by atoms with van der Waals surface area (Å²) in [6.45, 7) is 0.391. The van der Waals surface area contributed by atoms with E-state index in [9.17, 15) is 9.18 Å². The van der Waals surface area contributed by atoms with Crippen LogP contribution in [0.2, 0.25) is 0 Å². The van der Waals surface area contributed by atoms with Crippen molar-refractivity contribution in [3.05, 3.63) is 64.1 Å². The fraction of sp³-hybridized carbons (Fsp3) is 0.200. The summed E-state index contributed by atoms with van der Waals surface area (Å²) in [7, 11) is 0. The van der Waals surface area contributed by atoms with E-state index in [0.29, 0.717) is 23.0 Å². The lowest BCUT2D eigenvalue weighted by Crippen LogP contribution is -2.23. The fourth-order valence-electron chi connectivity index (χ4n) is 1.75. The molecule has 1 amide bonds. The van der Waals surface area contributed by atoms with Crippen molar-refractivity contribution >= 4 is 21.8 Å². The molecule has 0 aliphatic rings. The van der Waals surface area contributed by atoms with Gasteiger partial charge in [-0.05, 0) is 36.2 Å². The number of aromatic nitrogens is 1. The average Bonchev–Trinajstić information content (AvgIpc) is 2.45. The molecule has 2 aromatic rings. The summed E-state index contributed by atoms with van der Waals surface area (Å²) in [6.07, 6.45) is 2.32. The third-order valence-electron chi connectivity index (χ3n) is 2.83. The van der Waals surface area contributed by atoms with Crippen LogP contribution in [0.25, 0.3) is 0 Å². The Kier molecular flexibility index (Phi) is 5.24. The molecule has 1 heterocycles. The molecule has 20 heavy (non-hydrogen) atoms. The molecule has 0 spiro atoms. The Hall–Kier alpha value is -1.75. The first-order valence-corrected chi connectivity index (χ1v) is 7.05. The molecule has 2 rings (SSSR count). The first kappa shape index (κ1) is 14.7. The lowest BCUT2D eigenvalue weighted by Gasteiger charge is -2.06. The quantitative estimate of drug-likeness (QED) is 0.910. The Bertz CT molecular complexity index is 590. The first-order chi connectivity index (χ1) is 9.65. The number of aryl methyl sites for hydroxylation is 1. The van der Waals surface area contributed by atoms with Gasteiger partial charge in [0, 0.05) is 17.1 Å². The number of rotatable bonds is 5.